The topological polar surface area (TPSA) is 79.6 Å². The molecule has 2 aromatic rings. The Morgan fingerprint density at radius 2 is 2.25 bits per heavy atom. The summed E-state index contributed by atoms with van der Waals surface area (Å²) in [5.74, 6) is 0. The summed E-state index contributed by atoms with van der Waals surface area (Å²) in [5, 5.41) is 19.6. The summed E-state index contributed by atoms with van der Waals surface area (Å²) >= 11 is 6.59. The molecule has 0 amide bonds. The van der Waals surface area contributed by atoms with Gasteiger partial charge in [-0.3, -0.25) is 15.5 Å². The van der Waals surface area contributed by atoms with Gasteiger partial charge in [0.1, 0.15) is 0 Å². The quantitative estimate of drug-likeness (QED) is 0.393. The number of hydrogen-bond acceptors (Lipinski definition) is 5. The number of hydrazone groups is 1. The van der Waals surface area contributed by atoms with E-state index in [4.69, 9.17) is 12.2 Å². The molecule has 0 aliphatic carbocycles. The number of anilines is 1. The molecule has 0 radical (unpaired) electrons. The molecule has 0 atom stereocenters. The van der Waals surface area contributed by atoms with Gasteiger partial charge in [-0.15, -0.1) is 11.3 Å². The minimum Gasteiger partial charge on any atom is -0.331 e. The van der Waals surface area contributed by atoms with Crippen LogP contribution in [-0.2, 0) is 0 Å². The number of nitrogens with one attached hydrogen (secondary N) is 2. The van der Waals surface area contributed by atoms with Gasteiger partial charge in [0.25, 0.3) is 5.69 Å². The van der Waals surface area contributed by atoms with Crippen molar-refractivity contribution in [2.24, 2.45) is 5.10 Å². The van der Waals surface area contributed by atoms with Crippen molar-refractivity contribution < 1.29 is 4.92 Å². The second kappa shape index (κ2) is 6.73. The van der Waals surface area contributed by atoms with E-state index < -0.39 is 4.92 Å². The smallest absolute Gasteiger partial charge is 0.271 e. The lowest BCUT2D eigenvalue weighted by Crippen LogP contribution is -2.23. The van der Waals surface area contributed by atoms with Gasteiger partial charge in [0.15, 0.2) is 5.11 Å². The fourth-order valence-electron chi connectivity index (χ4n) is 1.38. The molecule has 0 spiro atoms. The highest BCUT2D eigenvalue weighted by molar-refractivity contribution is 7.80. The first-order chi connectivity index (χ1) is 9.65. The highest BCUT2D eigenvalue weighted by Crippen LogP contribution is 2.16. The van der Waals surface area contributed by atoms with Gasteiger partial charge in [-0.2, -0.15) is 5.10 Å². The molecule has 0 aliphatic rings. The van der Waals surface area contributed by atoms with Crippen LogP contribution in [0.3, 0.4) is 0 Å². The average molecular weight is 306 g/mol. The van der Waals surface area contributed by atoms with Crippen molar-refractivity contribution in [1.29, 1.82) is 0 Å². The van der Waals surface area contributed by atoms with Crippen molar-refractivity contribution in [3.63, 3.8) is 0 Å². The molecule has 0 fully saturated rings. The first-order valence-electron chi connectivity index (χ1n) is 5.53. The third-order valence-electron chi connectivity index (χ3n) is 2.22. The molecule has 102 valence electrons. The Hall–Kier alpha value is -2.32. The summed E-state index contributed by atoms with van der Waals surface area (Å²) in [5.41, 5.74) is 3.18. The fraction of sp³-hybridized carbons (Fsp3) is 0. The van der Waals surface area contributed by atoms with Crippen LogP contribution in [0.1, 0.15) is 4.88 Å². The lowest BCUT2D eigenvalue weighted by atomic mass is 10.3. The van der Waals surface area contributed by atoms with Gasteiger partial charge in [0.2, 0.25) is 0 Å². The van der Waals surface area contributed by atoms with E-state index in [1.54, 1.807) is 29.7 Å². The number of rotatable bonds is 4. The SMILES string of the molecule is O=[N+]([O-])c1cccc(NC(=S)NN=Cc2cccs2)c1. The number of nitrogens with zero attached hydrogens (tertiary/aromatic N) is 2. The van der Waals surface area contributed by atoms with Crippen LogP contribution in [0.5, 0.6) is 0 Å². The molecule has 8 heteroatoms. The van der Waals surface area contributed by atoms with Crippen LogP contribution >= 0.6 is 23.6 Å². The first kappa shape index (κ1) is 14.1. The Morgan fingerprint density at radius 1 is 1.40 bits per heavy atom. The van der Waals surface area contributed by atoms with E-state index in [-0.39, 0.29) is 10.8 Å². The van der Waals surface area contributed by atoms with Crippen LogP contribution in [0.15, 0.2) is 46.9 Å². The molecule has 1 heterocycles. The number of thiophene rings is 1. The highest BCUT2D eigenvalue weighted by atomic mass is 32.1. The lowest BCUT2D eigenvalue weighted by Gasteiger charge is -2.06. The number of hydrogen-bond donors (Lipinski definition) is 2. The van der Waals surface area contributed by atoms with E-state index >= 15 is 0 Å². The fourth-order valence-corrected chi connectivity index (χ4v) is 2.13. The molecule has 1 aromatic heterocycles. The second-order valence-corrected chi connectivity index (χ2v) is 5.03. The highest BCUT2D eigenvalue weighted by Gasteiger charge is 2.05. The summed E-state index contributed by atoms with van der Waals surface area (Å²) in [6.07, 6.45) is 1.64. The first-order valence-corrected chi connectivity index (χ1v) is 6.82. The molecule has 2 N–H and O–H groups in total. The molecule has 0 aliphatic heterocycles. The molecule has 20 heavy (non-hydrogen) atoms. The molecule has 0 saturated heterocycles. The van der Waals surface area contributed by atoms with Gasteiger partial charge in [0, 0.05) is 22.7 Å². The van der Waals surface area contributed by atoms with Crippen molar-refractivity contribution in [3.05, 3.63) is 56.8 Å². The molecule has 1 aromatic carbocycles. The van der Waals surface area contributed by atoms with Crippen LogP contribution in [0.2, 0.25) is 0 Å². The molecule has 2 rings (SSSR count). The maximum Gasteiger partial charge on any atom is 0.271 e. The van der Waals surface area contributed by atoms with Crippen LogP contribution in [0.4, 0.5) is 11.4 Å². The lowest BCUT2D eigenvalue weighted by molar-refractivity contribution is -0.384. The third kappa shape index (κ3) is 4.11. The van der Waals surface area contributed by atoms with Crippen LogP contribution < -0.4 is 10.7 Å². The molecule has 0 bridgehead atoms. The number of non-ortho nitro benzene ring substituents is 1. The van der Waals surface area contributed by atoms with E-state index in [9.17, 15) is 10.1 Å². The normalized spacial score (nSPS) is 10.4. The van der Waals surface area contributed by atoms with E-state index in [0.717, 1.165) is 4.88 Å². The van der Waals surface area contributed by atoms with Gasteiger partial charge in [0.05, 0.1) is 11.1 Å². The molecular formula is C12H10N4O2S2. The zero-order valence-electron chi connectivity index (χ0n) is 10.1. The standard InChI is InChI=1S/C12H10N4O2S2/c17-16(18)10-4-1-3-9(7-10)14-12(19)15-13-8-11-5-2-6-20-11/h1-8H,(H2,14,15,19). The average Bonchev–Trinajstić information content (AvgIpc) is 2.92. The Balaban J connectivity index is 1.91. The van der Waals surface area contributed by atoms with Crippen molar-refractivity contribution in [3.8, 4) is 0 Å². The van der Waals surface area contributed by atoms with E-state index in [0.29, 0.717) is 5.69 Å². The molecule has 6 nitrogen and oxygen atoms in total. The van der Waals surface area contributed by atoms with Crippen LogP contribution in [0.25, 0.3) is 0 Å². The predicted octanol–water partition coefficient (Wildman–Crippen LogP) is 2.98. The van der Waals surface area contributed by atoms with Crippen molar-refractivity contribution in [1.82, 2.24) is 5.43 Å². The van der Waals surface area contributed by atoms with Gasteiger partial charge < -0.3 is 5.32 Å². The van der Waals surface area contributed by atoms with Crippen molar-refractivity contribution in [2.45, 2.75) is 0 Å². The minimum absolute atomic E-state index is 0.000105. The third-order valence-corrected chi connectivity index (χ3v) is 3.22. The summed E-state index contributed by atoms with van der Waals surface area (Å²) in [7, 11) is 0. The van der Waals surface area contributed by atoms with E-state index in [1.165, 1.54) is 12.1 Å². The second-order valence-electron chi connectivity index (χ2n) is 3.65. The number of nitro benzene ring substituents is 1. The number of nitro groups is 1. The van der Waals surface area contributed by atoms with E-state index in [2.05, 4.69) is 15.8 Å². The summed E-state index contributed by atoms with van der Waals surface area (Å²) in [6, 6.07) is 9.92. The Bertz CT molecular complexity index is 641. The van der Waals surface area contributed by atoms with Gasteiger partial charge in [-0.25, -0.2) is 0 Å². The summed E-state index contributed by atoms with van der Waals surface area (Å²) < 4.78 is 0. The van der Waals surface area contributed by atoms with E-state index in [1.807, 2.05) is 17.5 Å². The van der Waals surface area contributed by atoms with Gasteiger partial charge >= 0.3 is 0 Å². The minimum atomic E-state index is -0.462. The largest absolute Gasteiger partial charge is 0.331 e. The summed E-state index contributed by atoms with van der Waals surface area (Å²) in [6.45, 7) is 0. The molecule has 0 unspecified atom stereocenters. The predicted molar refractivity (Wildman–Crippen MR) is 84.4 cm³/mol. The maximum atomic E-state index is 10.6. The monoisotopic (exact) mass is 306 g/mol. The summed E-state index contributed by atoms with van der Waals surface area (Å²) in [4.78, 5) is 11.2. The number of thiocarbonyl (C=S) groups is 1. The zero-order valence-corrected chi connectivity index (χ0v) is 11.8. The molecule has 0 saturated carbocycles. The van der Waals surface area contributed by atoms with Crippen LogP contribution in [0, 0.1) is 10.1 Å². The van der Waals surface area contributed by atoms with Gasteiger partial charge in [-0.1, -0.05) is 12.1 Å². The van der Waals surface area contributed by atoms with Gasteiger partial charge in [-0.05, 0) is 29.7 Å². The zero-order chi connectivity index (χ0) is 14.4. The van der Waals surface area contributed by atoms with Crippen molar-refractivity contribution >= 4 is 46.3 Å². The number of benzene rings is 1. The maximum absolute atomic E-state index is 10.6. The van der Waals surface area contributed by atoms with Crippen LogP contribution in [-0.4, -0.2) is 16.3 Å². The molecular weight excluding hydrogens is 296 g/mol. The Labute approximate surface area is 124 Å². The Kier molecular flexibility index (Phi) is 4.75. The van der Waals surface area contributed by atoms with Crippen molar-refractivity contribution in [2.75, 3.05) is 5.32 Å². The Morgan fingerprint density at radius 3 is 2.95 bits per heavy atom.